The molecule has 0 aromatic carbocycles. The molecule has 0 bridgehead atoms. The van der Waals surface area contributed by atoms with Crippen LogP contribution in [0.2, 0.25) is 0 Å². The first-order chi connectivity index (χ1) is 5.73. The van der Waals surface area contributed by atoms with Gasteiger partial charge in [-0.3, -0.25) is 4.79 Å². The molecular weight excluding hydrogens is 156 g/mol. The van der Waals surface area contributed by atoms with Crippen LogP contribution in [0.4, 0.5) is 0 Å². The first-order valence-electron chi connectivity index (χ1n) is 4.24. The highest BCUT2D eigenvalue weighted by Crippen LogP contribution is 2.34. The molecule has 0 aromatic rings. The first-order valence-corrected chi connectivity index (χ1v) is 4.24. The zero-order chi connectivity index (χ0) is 8.60. The molecule has 12 heavy (non-hydrogen) atoms. The van der Waals surface area contributed by atoms with Gasteiger partial charge >= 0.3 is 5.97 Å². The van der Waals surface area contributed by atoms with Crippen molar-refractivity contribution in [2.24, 2.45) is 0 Å². The van der Waals surface area contributed by atoms with Crippen molar-refractivity contribution >= 4 is 5.97 Å². The molecule has 0 saturated carbocycles. The van der Waals surface area contributed by atoms with Gasteiger partial charge in [0.05, 0.1) is 12.7 Å². The fourth-order valence-corrected chi connectivity index (χ4v) is 1.74. The van der Waals surface area contributed by atoms with Gasteiger partial charge in [-0.05, 0) is 13.0 Å². The number of esters is 1. The van der Waals surface area contributed by atoms with Crippen LogP contribution in [0.1, 0.15) is 19.8 Å². The third kappa shape index (κ3) is 1.05. The van der Waals surface area contributed by atoms with Gasteiger partial charge in [-0.2, -0.15) is 0 Å². The van der Waals surface area contributed by atoms with Crippen LogP contribution in [0.25, 0.3) is 0 Å². The predicted molar refractivity (Wildman–Crippen MR) is 42.6 cm³/mol. The van der Waals surface area contributed by atoms with E-state index in [1.807, 2.05) is 19.1 Å². The standard InChI is InChI=1S/C9H12O3/c1-7-9(4-2-6-11-7)5-3-8(10)12-9/h2,4,7H,3,5-6H2,1H3/t7-,9+/m0/s1. The third-order valence-electron chi connectivity index (χ3n) is 2.55. The monoisotopic (exact) mass is 168 g/mol. The number of carbonyl (C=O) groups is 1. The Morgan fingerprint density at radius 2 is 2.50 bits per heavy atom. The van der Waals surface area contributed by atoms with Crippen molar-refractivity contribution in [3.8, 4) is 0 Å². The Labute approximate surface area is 71.3 Å². The molecule has 2 rings (SSSR count). The summed E-state index contributed by atoms with van der Waals surface area (Å²) in [5.41, 5.74) is -0.449. The maximum absolute atomic E-state index is 11.0. The lowest BCUT2D eigenvalue weighted by molar-refractivity contribution is -0.155. The van der Waals surface area contributed by atoms with E-state index in [1.54, 1.807) is 0 Å². The summed E-state index contributed by atoms with van der Waals surface area (Å²) in [7, 11) is 0. The Hall–Kier alpha value is -0.830. The van der Waals surface area contributed by atoms with Crippen LogP contribution in [-0.4, -0.2) is 24.3 Å². The summed E-state index contributed by atoms with van der Waals surface area (Å²) in [5, 5.41) is 0. The molecule has 3 nitrogen and oxygen atoms in total. The highest BCUT2D eigenvalue weighted by atomic mass is 16.6. The summed E-state index contributed by atoms with van der Waals surface area (Å²) in [6.45, 7) is 2.57. The van der Waals surface area contributed by atoms with Crippen LogP contribution < -0.4 is 0 Å². The molecule has 1 fully saturated rings. The van der Waals surface area contributed by atoms with E-state index >= 15 is 0 Å². The molecule has 2 heterocycles. The van der Waals surface area contributed by atoms with Crippen LogP contribution in [0.15, 0.2) is 12.2 Å². The molecule has 2 aliphatic rings. The molecule has 0 radical (unpaired) electrons. The molecule has 2 atom stereocenters. The van der Waals surface area contributed by atoms with Gasteiger partial charge in [0.25, 0.3) is 0 Å². The van der Waals surface area contributed by atoms with Crippen molar-refractivity contribution in [2.75, 3.05) is 6.61 Å². The number of ether oxygens (including phenoxy) is 2. The molecule has 2 aliphatic heterocycles. The fraction of sp³-hybridized carbons (Fsp3) is 0.667. The van der Waals surface area contributed by atoms with Gasteiger partial charge in [-0.25, -0.2) is 0 Å². The Balaban J connectivity index is 2.23. The van der Waals surface area contributed by atoms with E-state index in [2.05, 4.69) is 0 Å². The second-order valence-electron chi connectivity index (χ2n) is 3.31. The molecule has 1 spiro atoms. The highest BCUT2D eigenvalue weighted by Gasteiger charge is 2.44. The Morgan fingerprint density at radius 3 is 3.08 bits per heavy atom. The van der Waals surface area contributed by atoms with Crippen LogP contribution in [0.5, 0.6) is 0 Å². The van der Waals surface area contributed by atoms with Crippen molar-refractivity contribution in [3.63, 3.8) is 0 Å². The van der Waals surface area contributed by atoms with Crippen LogP contribution in [0, 0.1) is 0 Å². The molecular formula is C9H12O3. The lowest BCUT2D eigenvalue weighted by atomic mass is 9.92. The number of carbonyl (C=O) groups excluding carboxylic acids is 1. The fourth-order valence-electron chi connectivity index (χ4n) is 1.74. The summed E-state index contributed by atoms with van der Waals surface area (Å²) in [5.74, 6) is -0.114. The van der Waals surface area contributed by atoms with Crippen molar-refractivity contribution in [1.29, 1.82) is 0 Å². The maximum atomic E-state index is 11.0. The predicted octanol–water partition coefficient (Wildman–Crippen LogP) is 1.04. The normalized spacial score (nSPS) is 40.4. The van der Waals surface area contributed by atoms with Gasteiger partial charge in [0.2, 0.25) is 0 Å². The molecule has 3 heteroatoms. The van der Waals surface area contributed by atoms with E-state index in [0.717, 1.165) is 6.42 Å². The summed E-state index contributed by atoms with van der Waals surface area (Å²) < 4.78 is 10.7. The van der Waals surface area contributed by atoms with Crippen LogP contribution in [-0.2, 0) is 14.3 Å². The van der Waals surface area contributed by atoms with Gasteiger partial charge in [0.1, 0.15) is 0 Å². The van der Waals surface area contributed by atoms with Gasteiger partial charge in [-0.15, -0.1) is 0 Å². The molecule has 0 unspecified atom stereocenters. The van der Waals surface area contributed by atoms with E-state index in [0.29, 0.717) is 13.0 Å². The lowest BCUT2D eigenvalue weighted by Gasteiger charge is -2.33. The van der Waals surface area contributed by atoms with Gasteiger partial charge in [0.15, 0.2) is 5.60 Å². The van der Waals surface area contributed by atoms with E-state index in [4.69, 9.17) is 9.47 Å². The van der Waals surface area contributed by atoms with Crippen LogP contribution >= 0.6 is 0 Å². The minimum Gasteiger partial charge on any atom is -0.452 e. The average Bonchev–Trinajstić information content (AvgIpc) is 2.41. The van der Waals surface area contributed by atoms with E-state index in [-0.39, 0.29) is 12.1 Å². The topological polar surface area (TPSA) is 35.5 Å². The Morgan fingerprint density at radius 1 is 1.67 bits per heavy atom. The summed E-state index contributed by atoms with van der Waals surface area (Å²) in [6.07, 6.45) is 5.14. The summed E-state index contributed by atoms with van der Waals surface area (Å²) in [6, 6.07) is 0. The zero-order valence-electron chi connectivity index (χ0n) is 7.08. The van der Waals surface area contributed by atoms with Gasteiger partial charge in [0, 0.05) is 12.8 Å². The largest absolute Gasteiger partial charge is 0.452 e. The molecule has 1 saturated heterocycles. The van der Waals surface area contributed by atoms with E-state index < -0.39 is 5.60 Å². The van der Waals surface area contributed by atoms with E-state index in [9.17, 15) is 4.79 Å². The second kappa shape index (κ2) is 2.59. The van der Waals surface area contributed by atoms with Gasteiger partial charge in [-0.1, -0.05) is 6.08 Å². The van der Waals surface area contributed by atoms with E-state index in [1.165, 1.54) is 0 Å². The summed E-state index contributed by atoms with van der Waals surface area (Å²) >= 11 is 0. The minimum absolute atomic E-state index is 0.00560. The Kier molecular flexibility index (Phi) is 1.68. The smallest absolute Gasteiger partial charge is 0.306 e. The second-order valence-corrected chi connectivity index (χ2v) is 3.31. The summed E-state index contributed by atoms with van der Waals surface area (Å²) in [4.78, 5) is 11.0. The van der Waals surface area contributed by atoms with Crippen molar-refractivity contribution < 1.29 is 14.3 Å². The average molecular weight is 168 g/mol. The lowest BCUT2D eigenvalue weighted by Crippen LogP contribution is -2.42. The first kappa shape index (κ1) is 7.80. The number of rotatable bonds is 0. The van der Waals surface area contributed by atoms with Gasteiger partial charge < -0.3 is 9.47 Å². The van der Waals surface area contributed by atoms with Crippen molar-refractivity contribution in [1.82, 2.24) is 0 Å². The van der Waals surface area contributed by atoms with Crippen LogP contribution in [0.3, 0.4) is 0 Å². The highest BCUT2D eigenvalue weighted by molar-refractivity contribution is 5.73. The van der Waals surface area contributed by atoms with Crippen molar-refractivity contribution in [3.05, 3.63) is 12.2 Å². The molecule has 0 aromatic heterocycles. The zero-order valence-corrected chi connectivity index (χ0v) is 7.08. The number of hydrogen-bond acceptors (Lipinski definition) is 3. The molecule has 0 aliphatic carbocycles. The van der Waals surface area contributed by atoms with Crippen molar-refractivity contribution in [2.45, 2.75) is 31.5 Å². The Bertz CT molecular complexity index is 234. The minimum atomic E-state index is -0.449. The number of hydrogen-bond donors (Lipinski definition) is 0. The SMILES string of the molecule is C[C@@H]1OCC=C[C@@]12CCC(=O)O2. The quantitative estimate of drug-likeness (QED) is 0.400. The molecule has 66 valence electrons. The third-order valence-corrected chi connectivity index (χ3v) is 2.55. The maximum Gasteiger partial charge on any atom is 0.306 e. The molecule has 0 amide bonds. The molecule has 0 N–H and O–H groups in total.